The molecule has 0 saturated heterocycles. The van der Waals surface area contributed by atoms with Gasteiger partial charge in [-0.25, -0.2) is 4.39 Å². The normalized spacial score (nSPS) is 19.2. The molecule has 3 heteroatoms. The third-order valence-electron chi connectivity index (χ3n) is 3.38. The van der Waals surface area contributed by atoms with Crippen LogP contribution in [-0.4, -0.2) is 11.6 Å². The van der Waals surface area contributed by atoms with E-state index >= 15 is 0 Å². The summed E-state index contributed by atoms with van der Waals surface area (Å²) in [5.74, 6) is -0.811. The van der Waals surface area contributed by atoms with Gasteiger partial charge in [-0.05, 0) is 37.0 Å². The first-order chi connectivity index (χ1) is 9.18. The average Bonchev–Trinajstić information content (AvgIpc) is 2.39. The SMILES string of the molecule is O=C1CCCCC/C=C\1CC(=O)c1ccccc1F. The Labute approximate surface area is 112 Å². The lowest BCUT2D eigenvalue weighted by Crippen LogP contribution is -2.11. The number of hydrogen-bond donors (Lipinski definition) is 0. The topological polar surface area (TPSA) is 34.1 Å². The quantitative estimate of drug-likeness (QED) is 0.773. The van der Waals surface area contributed by atoms with E-state index in [2.05, 4.69) is 0 Å². The maximum absolute atomic E-state index is 13.5. The van der Waals surface area contributed by atoms with Crippen LogP contribution in [0, 0.1) is 5.82 Å². The number of ketones is 2. The van der Waals surface area contributed by atoms with Crippen LogP contribution in [0.15, 0.2) is 35.9 Å². The number of rotatable bonds is 3. The highest BCUT2D eigenvalue weighted by Crippen LogP contribution is 2.19. The monoisotopic (exact) mass is 260 g/mol. The summed E-state index contributed by atoms with van der Waals surface area (Å²) in [5.41, 5.74) is 0.617. The van der Waals surface area contributed by atoms with Crippen LogP contribution >= 0.6 is 0 Å². The van der Waals surface area contributed by atoms with Gasteiger partial charge in [-0.1, -0.05) is 24.6 Å². The van der Waals surface area contributed by atoms with Crippen LogP contribution in [0.4, 0.5) is 4.39 Å². The Balaban J connectivity index is 2.13. The van der Waals surface area contributed by atoms with Crippen molar-refractivity contribution >= 4 is 11.6 Å². The highest BCUT2D eigenvalue weighted by molar-refractivity contribution is 6.05. The number of carbonyl (C=O) groups excluding carboxylic acids is 2. The van der Waals surface area contributed by atoms with Crippen LogP contribution in [0.25, 0.3) is 0 Å². The van der Waals surface area contributed by atoms with Gasteiger partial charge in [0.15, 0.2) is 11.6 Å². The average molecular weight is 260 g/mol. The van der Waals surface area contributed by atoms with E-state index in [9.17, 15) is 14.0 Å². The molecule has 2 rings (SSSR count). The predicted molar refractivity (Wildman–Crippen MR) is 71.5 cm³/mol. The van der Waals surface area contributed by atoms with Crippen molar-refractivity contribution in [2.24, 2.45) is 0 Å². The molecule has 100 valence electrons. The molecule has 0 aromatic heterocycles. The van der Waals surface area contributed by atoms with Crippen molar-refractivity contribution in [3.05, 3.63) is 47.3 Å². The third kappa shape index (κ3) is 3.60. The molecule has 0 fully saturated rings. The number of halogens is 1. The second-order valence-corrected chi connectivity index (χ2v) is 4.83. The fourth-order valence-electron chi connectivity index (χ4n) is 2.28. The Hall–Kier alpha value is -1.77. The summed E-state index contributed by atoms with van der Waals surface area (Å²) < 4.78 is 13.5. The van der Waals surface area contributed by atoms with Crippen LogP contribution < -0.4 is 0 Å². The lowest BCUT2D eigenvalue weighted by atomic mass is 9.93. The number of hydrogen-bond acceptors (Lipinski definition) is 2. The van der Waals surface area contributed by atoms with Gasteiger partial charge >= 0.3 is 0 Å². The molecule has 0 amide bonds. The van der Waals surface area contributed by atoms with Crippen molar-refractivity contribution < 1.29 is 14.0 Å². The minimum absolute atomic E-state index is 0.0137. The minimum atomic E-state index is -0.522. The van der Waals surface area contributed by atoms with Gasteiger partial charge in [0.1, 0.15) is 5.82 Å². The Kier molecular flexibility index (Phi) is 4.61. The Morgan fingerprint density at radius 2 is 1.95 bits per heavy atom. The molecular formula is C16H17FO2. The molecule has 0 N–H and O–H groups in total. The summed E-state index contributed by atoms with van der Waals surface area (Å²) >= 11 is 0. The molecule has 0 bridgehead atoms. The van der Waals surface area contributed by atoms with E-state index in [1.54, 1.807) is 12.1 Å². The van der Waals surface area contributed by atoms with Gasteiger partial charge in [0.25, 0.3) is 0 Å². The van der Waals surface area contributed by atoms with E-state index in [4.69, 9.17) is 0 Å². The number of Topliss-reactive ketones (excluding diaryl/α,β-unsaturated/α-hetero) is 2. The third-order valence-corrected chi connectivity index (χ3v) is 3.38. The number of carbonyl (C=O) groups is 2. The molecule has 0 unspecified atom stereocenters. The van der Waals surface area contributed by atoms with Gasteiger partial charge in [-0.3, -0.25) is 9.59 Å². The molecular weight excluding hydrogens is 243 g/mol. The summed E-state index contributed by atoms with van der Waals surface area (Å²) in [6.45, 7) is 0. The Morgan fingerprint density at radius 1 is 1.16 bits per heavy atom. The Bertz CT molecular complexity index is 517. The van der Waals surface area contributed by atoms with E-state index in [1.807, 2.05) is 6.08 Å². The van der Waals surface area contributed by atoms with Crippen LogP contribution in [-0.2, 0) is 4.79 Å². The first-order valence-corrected chi connectivity index (χ1v) is 6.68. The molecule has 2 nitrogen and oxygen atoms in total. The van der Waals surface area contributed by atoms with E-state index in [1.165, 1.54) is 12.1 Å². The molecule has 0 radical (unpaired) electrons. The fraction of sp³-hybridized carbons (Fsp3) is 0.375. The smallest absolute Gasteiger partial charge is 0.170 e. The molecule has 0 atom stereocenters. The standard InChI is InChI=1S/C16H17FO2/c17-14-9-6-5-8-13(14)16(19)11-12-7-3-1-2-4-10-15(12)18/h5-9H,1-4,10-11H2/b12-7-. The highest BCUT2D eigenvalue weighted by Gasteiger charge is 2.18. The zero-order valence-corrected chi connectivity index (χ0v) is 10.8. The first-order valence-electron chi connectivity index (χ1n) is 6.68. The number of benzene rings is 1. The summed E-state index contributed by atoms with van der Waals surface area (Å²) in [5, 5.41) is 0. The van der Waals surface area contributed by atoms with Crippen LogP contribution in [0.5, 0.6) is 0 Å². The Morgan fingerprint density at radius 3 is 2.74 bits per heavy atom. The molecule has 1 aliphatic rings. The molecule has 0 aliphatic heterocycles. The van der Waals surface area contributed by atoms with Crippen molar-refractivity contribution in [1.82, 2.24) is 0 Å². The van der Waals surface area contributed by atoms with Crippen molar-refractivity contribution in [3.63, 3.8) is 0 Å². The predicted octanol–water partition coefficient (Wildman–Crippen LogP) is 3.86. The van der Waals surface area contributed by atoms with Crippen molar-refractivity contribution in [2.75, 3.05) is 0 Å². The molecule has 1 aliphatic carbocycles. The lowest BCUT2D eigenvalue weighted by Gasteiger charge is -2.10. The zero-order chi connectivity index (χ0) is 13.7. The summed E-state index contributed by atoms with van der Waals surface area (Å²) in [7, 11) is 0. The second-order valence-electron chi connectivity index (χ2n) is 4.83. The second kappa shape index (κ2) is 6.41. The maximum atomic E-state index is 13.5. The fourth-order valence-corrected chi connectivity index (χ4v) is 2.28. The molecule has 1 aromatic rings. The summed E-state index contributed by atoms with van der Waals surface area (Å²) in [4.78, 5) is 23.9. The summed E-state index contributed by atoms with van der Waals surface area (Å²) in [6, 6.07) is 5.91. The van der Waals surface area contributed by atoms with E-state index in [0.29, 0.717) is 12.0 Å². The number of allylic oxidation sites excluding steroid dienone is 2. The van der Waals surface area contributed by atoms with Gasteiger partial charge in [0.05, 0.1) is 5.56 Å². The van der Waals surface area contributed by atoms with Crippen LogP contribution in [0.1, 0.15) is 48.9 Å². The van der Waals surface area contributed by atoms with Crippen LogP contribution in [0.3, 0.4) is 0 Å². The van der Waals surface area contributed by atoms with Crippen molar-refractivity contribution in [2.45, 2.75) is 38.5 Å². The van der Waals surface area contributed by atoms with Gasteiger partial charge in [0.2, 0.25) is 0 Å². The molecule has 0 heterocycles. The van der Waals surface area contributed by atoms with Gasteiger partial charge in [0, 0.05) is 12.8 Å². The van der Waals surface area contributed by atoms with E-state index < -0.39 is 5.82 Å². The zero-order valence-electron chi connectivity index (χ0n) is 10.8. The van der Waals surface area contributed by atoms with Crippen molar-refractivity contribution in [1.29, 1.82) is 0 Å². The van der Waals surface area contributed by atoms with Gasteiger partial charge < -0.3 is 0 Å². The minimum Gasteiger partial charge on any atom is -0.295 e. The summed E-state index contributed by atoms with van der Waals surface area (Å²) in [6.07, 6.45) is 6.16. The van der Waals surface area contributed by atoms with E-state index in [0.717, 1.165) is 25.7 Å². The van der Waals surface area contributed by atoms with Crippen molar-refractivity contribution in [3.8, 4) is 0 Å². The molecule has 0 spiro atoms. The molecule has 0 saturated carbocycles. The van der Waals surface area contributed by atoms with Gasteiger partial charge in [-0.15, -0.1) is 0 Å². The van der Waals surface area contributed by atoms with Crippen LogP contribution in [0.2, 0.25) is 0 Å². The largest absolute Gasteiger partial charge is 0.295 e. The maximum Gasteiger partial charge on any atom is 0.170 e. The lowest BCUT2D eigenvalue weighted by molar-refractivity contribution is -0.115. The first kappa shape index (κ1) is 13.7. The highest BCUT2D eigenvalue weighted by atomic mass is 19.1. The molecule has 1 aromatic carbocycles. The molecule has 19 heavy (non-hydrogen) atoms. The van der Waals surface area contributed by atoms with Gasteiger partial charge in [-0.2, -0.15) is 0 Å². The van der Waals surface area contributed by atoms with E-state index in [-0.39, 0.29) is 23.6 Å².